The number of carboxylic acid groups (broad SMARTS) is 1. The van der Waals surface area contributed by atoms with E-state index in [0.717, 1.165) is 34.4 Å². The summed E-state index contributed by atoms with van der Waals surface area (Å²) >= 11 is 5.20. The second-order valence-corrected chi connectivity index (χ2v) is 7.02. The van der Waals surface area contributed by atoms with Gasteiger partial charge < -0.3 is 5.11 Å². The number of carbonyl (C=O) groups is 1. The SMILES string of the molecule is Cc1nn(C)c(CN2CCc3sccc3C2C(=O)O)c1Br. The number of rotatable bonds is 3. The fraction of sp³-hybridized carbons (Fsp3) is 0.429. The maximum Gasteiger partial charge on any atom is 0.325 e. The molecule has 0 bridgehead atoms. The number of halogens is 1. The summed E-state index contributed by atoms with van der Waals surface area (Å²) in [7, 11) is 1.89. The van der Waals surface area contributed by atoms with Gasteiger partial charge in [-0.05, 0) is 46.3 Å². The quantitative estimate of drug-likeness (QED) is 0.903. The van der Waals surface area contributed by atoms with Crippen LogP contribution in [0.15, 0.2) is 15.9 Å². The molecule has 3 heterocycles. The first-order chi connectivity index (χ1) is 9.99. The number of aromatic nitrogens is 2. The predicted octanol–water partition coefficient (Wildman–Crippen LogP) is 2.74. The molecule has 112 valence electrons. The Balaban J connectivity index is 1.93. The number of hydrogen-bond acceptors (Lipinski definition) is 4. The van der Waals surface area contributed by atoms with Crippen LogP contribution in [0.2, 0.25) is 0 Å². The standard InChI is InChI=1S/C14H16BrN3O2S/c1-8-12(15)10(17(2)16-8)7-18-5-3-11-9(4-6-21-11)13(18)14(19)20/h4,6,13H,3,5,7H2,1-2H3,(H,19,20). The summed E-state index contributed by atoms with van der Waals surface area (Å²) in [6.07, 6.45) is 0.908. The van der Waals surface area contributed by atoms with Gasteiger partial charge in [-0.15, -0.1) is 11.3 Å². The van der Waals surface area contributed by atoms with Crippen LogP contribution in [0.5, 0.6) is 0 Å². The molecule has 3 rings (SSSR count). The minimum absolute atomic E-state index is 0.567. The van der Waals surface area contributed by atoms with Gasteiger partial charge >= 0.3 is 5.97 Å². The monoisotopic (exact) mass is 369 g/mol. The highest BCUT2D eigenvalue weighted by molar-refractivity contribution is 9.10. The Labute approximate surface area is 135 Å². The van der Waals surface area contributed by atoms with Gasteiger partial charge in [0.15, 0.2) is 0 Å². The normalized spacial score (nSPS) is 18.7. The zero-order chi connectivity index (χ0) is 15.1. The third kappa shape index (κ3) is 2.54. The number of thiophene rings is 1. The van der Waals surface area contributed by atoms with Gasteiger partial charge in [0.25, 0.3) is 0 Å². The van der Waals surface area contributed by atoms with Gasteiger partial charge in [-0.25, -0.2) is 0 Å². The molecule has 21 heavy (non-hydrogen) atoms. The van der Waals surface area contributed by atoms with Gasteiger partial charge in [0.1, 0.15) is 6.04 Å². The van der Waals surface area contributed by atoms with Crippen molar-refractivity contribution in [2.75, 3.05) is 6.54 Å². The summed E-state index contributed by atoms with van der Waals surface area (Å²) < 4.78 is 2.78. The summed E-state index contributed by atoms with van der Waals surface area (Å²) in [6.45, 7) is 3.26. The minimum atomic E-state index is -0.788. The van der Waals surface area contributed by atoms with E-state index in [4.69, 9.17) is 0 Å². The van der Waals surface area contributed by atoms with E-state index in [9.17, 15) is 9.90 Å². The summed E-state index contributed by atoms with van der Waals surface area (Å²) in [4.78, 5) is 14.9. The molecular formula is C14H16BrN3O2S. The molecule has 0 spiro atoms. The molecule has 0 aliphatic carbocycles. The van der Waals surface area contributed by atoms with E-state index in [2.05, 4.69) is 21.0 Å². The summed E-state index contributed by atoms with van der Waals surface area (Å²) in [5.74, 6) is -0.788. The highest BCUT2D eigenvalue weighted by Crippen LogP contribution is 2.35. The van der Waals surface area contributed by atoms with E-state index in [-0.39, 0.29) is 0 Å². The Morgan fingerprint density at radius 2 is 2.38 bits per heavy atom. The van der Waals surface area contributed by atoms with E-state index >= 15 is 0 Å². The second kappa shape index (κ2) is 5.55. The molecule has 0 fully saturated rings. The van der Waals surface area contributed by atoms with Crippen molar-refractivity contribution in [2.24, 2.45) is 7.05 Å². The van der Waals surface area contributed by atoms with E-state index in [1.807, 2.05) is 35.0 Å². The second-order valence-electron chi connectivity index (χ2n) is 5.23. The van der Waals surface area contributed by atoms with Crippen molar-refractivity contribution in [1.29, 1.82) is 0 Å². The maximum atomic E-state index is 11.7. The van der Waals surface area contributed by atoms with E-state index in [1.165, 1.54) is 4.88 Å². The molecular weight excluding hydrogens is 354 g/mol. The van der Waals surface area contributed by atoms with Crippen LogP contribution in [-0.4, -0.2) is 32.3 Å². The van der Waals surface area contributed by atoms with Crippen molar-refractivity contribution in [1.82, 2.24) is 14.7 Å². The molecule has 1 aliphatic heterocycles. The van der Waals surface area contributed by atoms with E-state index in [0.29, 0.717) is 6.54 Å². The number of nitrogens with zero attached hydrogens (tertiary/aromatic N) is 3. The van der Waals surface area contributed by atoms with Crippen LogP contribution >= 0.6 is 27.3 Å². The predicted molar refractivity (Wildman–Crippen MR) is 84.5 cm³/mol. The molecule has 7 heteroatoms. The molecule has 0 saturated carbocycles. The van der Waals surface area contributed by atoms with E-state index < -0.39 is 12.0 Å². The van der Waals surface area contributed by atoms with Crippen molar-refractivity contribution >= 4 is 33.2 Å². The summed E-state index contributed by atoms with van der Waals surface area (Å²) in [5.41, 5.74) is 2.87. The molecule has 0 saturated heterocycles. The fourth-order valence-corrected chi connectivity index (χ4v) is 4.24. The van der Waals surface area contributed by atoms with Crippen molar-refractivity contribution in [3.8, 4) is 0 Å². The molecule has 5 nitrogen and oxygen atoms in total. The van der Waals surface area contributed by atoms with Gasteiger partial charge in [0.05, 0.1) is 15.9 Å². The highest BCUT2D eigenvalue weighted by Gasteiger charge is 2.34. The van der Waals surface area contributed by atoms with Gasteiger partial charge in [-0.2, -0.15) is 5.10 Å². The Morgan fingerprint density at radius 3 is 3.00 bits per heavy atom. The maximum absolute atomic E-state index is 11.7. The first-order valence-electron chi connectivity index (χ1n) is 6.70. The third-order valence-corrected chi connectivity index (χ3v) is 5.94. The molecule has 1 atom stereocenters. The van der Waals surface area contributed by atoms with Crippen LogP contribution in [0.1, 0.15) is 27.9 Å². The Kier molecular flexibility index (Phi) is 3.90. The number of aryl methyl sites for hydroxylation is 2. The number of fused-ring (bicyclic) bond motifs is 1. The summed E-state index contributed by atoms with van der Waals surface area (Å²) in [5, 5.41) is 16.0. The van der Waals surface area contributed by atoms with Gasteiger partial charge in [0.2, 0.25) is 0 Å². The van der Waals surface area contributed by atoms with Crippen LogP contribution in [-0.2, 0) is 24.8 Å². The largest absolute Gasteiger partial charge is 0.480 e. The molecule has 2 aromatic heterocycles. The van der Waals surface area contributed by atoms with Gasteiger partial charge in [-0.3, -0.25) is 14.4 Å². The first kappa shape index (κ1) is 14.7. The van der Waals surface area contributed by atoms with Crippen LogP contribution in [0.25, 0.3) is 0 Å². The lowest BCUT2D eigenvalue weighted by atomic mass is 10.00. The third-order valence-electron chi connectivity index (χ3n) is 3.91. The Morgan fingerprint density at radius 1 is 1.62 bits per heavy atom. The van der Waals surface area contributed by atoms with Crippen LogP contribution in [0.3, 0.4) is 0 Å². The highest BCUT2D eigenvalue weighted by atomic mass is 79.9. The molecule has 0 amide bonds. The molecule has 0 radical (unpaired) electrons. The molecule has 0 aromatic carbocycles. The number of aliphatic carboxylic acids is 1. The van der Waals surface area contributed by atoms with Gasteiger partial charge in [0, 0.05) is 25.0 Å². The fourth-order valence-electron chi connectivity index (χ4n) is 2.87. The zero-order valence-corrected chi connectivity index (χ0v) is 14.2. The molecule has 1 unspecified atom stereocenters. The lowest BCUT2D eigenvalue weighted by Crippen LogP contribution is -2.39. The van der Waals surface area contributed by atoms with Crippen LogP contribution < -0.4 is 0 Å². The lowest BCUT2D eigenvalue weighted by Gasteiger charge is -2.33. The number of hydrogen-bond donors (Lipinski definition) is 1. The lowest BCUT2D eigenvalue weighted by molar-refractivity contribution is -0.144. The topological polar surface area (TPSA) is 58.4 Å². The average molecular weight is 370 g/mol. The van der Waals surface area contributed by atoms with Crippen LogP contribution in [0.4, 0.5) is 0 Å². The van der Waals surface area contributed by atoms with Crippen molar-refractivity contribution in [3.63, 3.8) is 0 Å². The molecule has 2 aromatic rings. The summed E-state index contributed by atoms with van der Waals surface area (Å²) in [6, 6.07) is 1.37. The number of carboxylic acids is 1. The van der Waals surface area contributed by atoms with E-state index in [1.54, 1.807) is 11.3 Å². The minimum Gasteiger partial charge on any atom is -0.480 e. The average Bonchev–Trinajstić information content (AvgIpc) is 2.98. The van der Waals surface area contributed by atoms with Crippen LogP contribution in [0, 0.1) is 6.92 Å². The molecule has 1 aliphatic rings. The Hall–Kier alpha value is -1.18. The molecule has 1 N–H and O–H groups in total. The van der Waals surface area contributed by atoms with Crippen molar-refractivity contribution in [3.05, 3.63) is 37.7 Å². The first-order valence-corrected chi connectivity index (χ1v) is 8.37. The zero-order valence-electron chi connectivity index (χ0n) is 11.8. The Bertz CT molecular complexity index is 694. The van der Waals surface area contributed by atoms with Crippen molar-refractivity contribution in [2.45, 2.75) is 25.9 Å². The smallest absolute Gasteiger partial charge is 0.325 e. The van der Waals surface area contributed by atoms with Crippen molar-refractivity contribution < 1.29 is 9.90 Å². The van der Waals surface area contributed by atoms with Gasteiger partial charge in [-0.1, -0.05) is 0 Å².